The van der Waals surface area contributed by atoms with Gasteiger partial charge in [-0.15, -0.1) is 0 Å². The first-order valence-electron chi connectivity index (χ1n) is 6.83. The molecule has 116 valence electrons. The maximum atomic E-state index is 12.1. The number of carbonyl (C=O) groups is 1. The van der Waals surface area contributed by atoms with Crippen molar-refractivity contribution in [2.24, 2.45) is 0 Å². The summed E-state index contributed by atoms with van der Waals surface area (Å²) in [6.07, 6.45) is 1.70. The van der Waals surface area contributed by atoms with E-state index in [9.17, 15) is 4.79 Å². The van der Waals surface area contributed by atoms with E-state index in [1.165, 1.54) is 11.8 Å². The number of pyridine rings is 1. The summed E-state index contributed by atoms with van der Waals surface area (Å²) < 4.78 is 0. The lowest BCUT2D eigenvalue weighted by Gasteiger charge is -2.16. The highest BCUT2D eigenvalue weighted by molar-refractivity contribution is 7.99. The Hall–Kier alpha value is -2.15. The summed E-state index contributed by atoms with van der Waals surface area (Å²) in [6.45, 7) is 3.83. The predicted octanol–water partition coefficient (Wildman–Crippen LogP) is 2.29. The number of nitrogens with one attached hydrogen (secondary N) is 1. The Morgan fingerprint density at radius 3 is 2.59 bits per heavy atom. The topological polar surface area (TPSA) is 71.0 Å². The Balaban J connectivity index is 1.99. The smallest absolute Gasteiger partial charge is 0.234 e. The van der Waals surface area contributed by atoms with E-state index in [-0.39, 0.29) is 11.7 Å². The summed E-state index contributed by atoms with van der Waals surface area (Å²) in [4.78, 5) is 26.8. The molecule has 0 unspecified atom stereocenters. The molecule has 0 radical (unpaired) electrons. The number of rotatable bonds is 5. The highest BCUT2D eigenvalue weighted by Gasteiger charge is 2.10. The van der Waals surface area contributed by atoms with Gasteiger partial charge in [0.1, 0.15) is 0 Å². The van der Waals surface area contributed by atoms with Crippen molar-refractivity contribution in [1.29, 1.82) is 0 Å². The van der Waals surface area contributed by atoms with Crippen LogP contribution in [0.3, 0.4) is 0 Å². The average Bonchev–Trinajstić information content (AvgIpc) is 2.44. The molecular formula is C15H19N5OS. The van der Waals surface area contributed by atoms with Crippen molar-refractivity contribution < 1.29 is 4.79 Å². The minimum atomic E-state index is -0.108. The summed E-state index contributed by atoms with van der Waals surface area (Å²) in [7, 11) is 3.77. The van der Waals surface area contributed by atoms with E-state index >= 15 is 0 Å². The van der Waals surface area contributed by atoms with Crippen molar-refractivity contribution in [1.82, 2.24) is 15.0 Å². The monoisotopic (exact) mass is 317 g/mol. The largest absolute Gasteiger partial charge is 0.361 e. The molecule has 0 aliphatic rings. The molecule has 0 aliphatic heterocycles. The molecule has 22 heavy (non-hydrogen) atoms. The van der Waals surface area contributed by atoms with E-state index in [2.05, 4.69) is 20.3 Å². The van der Waals surface area contributed by atoms with Crippen molar-refractivity contribution in [2.75, 3.05) is 30.1 Å². The Kier molecular flexibility index (Phi) is 5.32. The van der Waals surface area contributed by atoms with Crippen LogP contribution in [-0.4, -0.2) is 40.7 Å². The zero-order valence-electron chi connectivity index (χ0n) is 13.1. The van der Waals surface area contributed by atoms with Gasteiger partial charge >= 0.3 is 0 Å². The van der Waals surface area contributed by atoms with Crippen molar-refractivity contribution >= 4 is 29.2 Å². The lowest BCUT2D eigenvalue weighted by Crippen LogP contribution is -2.19. The molecule has 1 N–H and O–H groups in total. The van der Waals surface area contributed by atoms with Gasteiger partial charge in [0.2, 0.25) is 5.91 Å². The predicted molar refractivity (Wildman–Crippen MR) is 89.4 cm³/mol. The third-order valence-corrected chi connectivity index (χ3v) is 3.63. The quantitative estimate of drug-likeness (QED) is 0.674. The molecule has 1 amide bonds. The molecule has 0 atom stereocenters. The van der Waals surface area contributed by atoms with Crippen LogP contribution in [-0.2, 0) is 4.79 Å². The molecule has 0 bridgehead atoms. The summed E-state index contributed by atoms with van der Waals surface area (Å²) in [6, 6.07) is 5.53. The van der Waals surface area contributed by atoms with Crippen LogP contribution < -0.4 is 10.2 Å². The minimum absolute atomic E-state index is 0.108. The zero-order valence-corrected chi connectivity index (χ0v) is 13.9. The second-order valence-electron chi connectivity index (χ2n) is 5.04. The minimum Gasteiger partial charge on any atom is -0.361 e. The highest BCUT2D eigenvalue weighted by atomic mass is 32.2. The number of amides is 1. The van der Waals surface area contributed by atoms with E-state index in [1.54, 1.807) is 12.3 Å². The average molecular weight is 317 g/mol. The lowest BCUT2D eigenvalue weighted by atomic mass is 10.3. The molecule has 2 aromatic heterocycles. The molecule has 6 nitrogen and oxygen atoms in total. The Morgan fingerprint density at radius 1 is 1.27 bits per heavy atom. The van der Waals surface area contributed by atoms with Crippen LogP contribution in [0.15, 0.2) is 29.6 Å². The van der Waals surface area contributed by atoms with E-state index in [4.69, 9.17) is 0 Å². The molecule has 7 heteroatoms. The third kappa shape index (κ3) is 4.42. The van der Waals surface area contributed by atoms with Crippen molar-refractivity contribution in [3.8, 4) is 0 Å². The van der Waals surface area contributed by atoms with Gasteiger partial charge in [0, 0.05) is 31.7 Å². The standard InChI is InChI=1S/C15H19N5OS/c1-10-8-11(2)18-15(17-10)22-9-13(21)19-12-6-5-7-16-14(12)20(3)4/h5-8H,9H2,1-4H3,(H,19,21). The molecule has 0 fully saturated rings. The summed E-state index contributed by atoms with van der Waals surface area (Å²) in [5.41, 5.74) is 2.49. The van der Waals surface area contributed by atoms with Crippen LogP contribution >= 0.6 is 11.8 Å². The second-order valence-corrected chi connectivity index (χ2v) is 5.98. The summed E-state index contributed by atoms with van der Waals surface area (Å²) >= 11 is 1.32. The van der Waals surface area contributed by atoms with Gasteiger partial charge in [0.15, 0.2) is 11.0 Å². The Labute approximate surface area is 134 Å². The first kappa shape index (κ1) is 16.2. The number of anilines is 2. The molecule has 0 saturated heterocycles. The van der Waals surface area contributed by atoms with Gasteiger partial charge in [-0.25, -0.2) is 15.0 Å². The number of carbonyl (C=O) groups excluding carboxylic acids is 1. The van der Waals surface area contributed by atoms with Crippen molar-refractivity contribution in [3.05, 3.63) is 35.8 Å². The maximum Gasteiger partial charge on any atom is 0.234 e. The molecule has 2 heterocycles. The zero-order chi connectivity index (χ0) is 16.1. The van der Waals surface area contributed by atoms with Crippen LogP contribution in [0.1, 0.15) is 11.4 Å². The van der Waals surface area contributed by atoms with E-state index in [0.29, 0.717) is 10.8 Å². The van der Waals surface area contributed by atoms with Crippen molar-refractivity contribution in [2.45, 2.75) is 19.0 Å². The van der Waals surface area contributed by atoms with Crippen LogP contribution in [0, 0.1) is 13.8 Å². The molecule has 2 aromatic rings. The number of hydrogen-bond donors (Lipinski definition) is 1. The van der Waals surface area contributed by atoms with Gasteiger partial charge in [-0.1, -0.05) is 11.8 Å². The van der Waals surface area contributed by atoms with Gasteiger partial charge in [-0.05, 0) is 32.0 Å². The van der Waals surface area contributed by atoms with Gasteiger partial charge in [-0.3, -0.25) is 4.79 Å². The lowest BCUT2D eigenvalue weighted by molar-refractivity contribution is -0.113. The molecule has 2 rings (SSSR count). The Morgan fingerprint density at radius 2 is 1.95 bits per heavy atom. The normalized spacial score (nSPS) is 10.4. The number of thioether (sulfide) groups is 1. The third-order valence-electron chi connectivity index (χ3n) is 2.78. The molecule has 0 aromatic carbocycles. The van der Waals surface area contributed by atoms with Crippen molar-refractivity contribution in [3.63, 3.8) is 0 Å². The second kappa shape index (κ2) is 7.22. The van der Waals surface area contributed by atoms with Gasteiger partial charge in [-0.2, -0.15) is 0 Å². The SMILES string of the molecule is Cc1cc(C)nc(SCC(=O)Nc2cccnc2N(C)C)n1. The van der Waals surface area contributed by atoms with Gasteiger partial charge in [0.25, 0.3) is 0 Å². The van der Waals surface area contributed by atoms with Gasteiger partial charge in [0.05, 0.1) is 11.4 Å². The summed E-state index contributed by atoms with van der Waals surface area (Å²) in [5, 5.41) is 3.49. The van der Waals surface area contributed by atoms with E-state index in [0.717, 1.165) is 17.2 Å². The highest BCUT2D eigenvalue weighted by Crippen LogP contribution is 2.21. The summed E-state index contributed by atoms with van der Waals surface area (Å²) in [5.74, 6) is 0.873. The maximum absolute atomic E-state index is 12.1. The van der Waals surface area contributed by atoms with Crippen LogP contribution in [0.4, 0.5) is 11.5 Å². The van der Waals surface area contributed by atoms with Gasteiger partial charge < -0.3 is 10.2 Å². The van der Waals surface area contributed by atoms with Crippen LogP contribution in [0.25, 0.3) is 0 Å². The molecular weight excluding hydrogens is 298 g/mol. The fraction of sp³-hybridized carbons (Fsp3) is 0.333. The first-order valence-corrected chi connectivity index (χ1v) is 7.81. The fourth-order valence-electron chi connectivity index (χ4n) is 1.93. The number of aryl methyl sites for hydroxylation is 2. The van der Waals surface area contributed by atoms with Crippen LogP contribution in [0.2, 0.25) is 0 Å². The number of nitrogens with zero attached hydrogens (tertiary/aromatic N) is 4. The first-order chi connectivity index (χ1) is 10.5. The van der Waals surface area contributed by atoms with Crippen LogP contribution in [0.5, 0.6) is 0 Å². The van der Waals surface area contributed by atoms with E-state index in [1.807, 2.05) is 45.0 Å². The number of hydrogen-bond acceptors (Lipinski definition) is 6. The number of aromatic nitrogens is 3. The fourth-order valence-corrected chi connectivity index (χ4v) is 2.67. The molecule has 0 aliphatic carbocycles. The Bertz CT molecular complexity index is 654. The van der Waals surface area contributed by atoms with E-state index < -0.39 is 0 Å². The molecule has 0 saturated carbocycles. The molecule has 0 spiro atoms.